The Hall–Kier alpha value is -2.57. The second-order valence-electron chi connectivity index (χ2n) is 5.90. The Morgan fingerprint density at radius 3 is 2.62 bits per heavy atom. The van der Waals surface area contributed by atoms with Gasteiger partial charge in [0.1, 0.15) is 0 Å². The van der Waals surface area contributed by atoms with E-state index in [4.69, 9.17) is 0 Å². The first-order chi connectivity index (χ1) is 11.4. The Labute approximate surface area is 141 Å². The summed E-state index contributed by atoms with van der Waals surface area (Å²) in [5.41, 5.74) is 3.00. The SMILES string of the molecule is CC(=O)c1c(C)nn(C(C)CC(=O)NCCc2cnccn2)c1C. The van der Waals surface area contributed by atoms with Crippen LogP contribution in [-0.2, 0) is 11.2 Å². The zero-order valence-electron chi connectivity index (χ0n) is 14.5. The second kappa shape index (κ2) is 7.81. The molecule has 1 N–H and O–H groups in total. The molecule has 0 aliphatic heterocycles. The van der Waals surface area contributed by atoms with Crippen molar-refractivity contribution in [2.45, 2.75) is 46.6 Å². The van der Waals surface area contributed by atoms with Crippen LogP contribution in [-0.4, -0.2) is 38.0 Å². The van der Waals surface area contributed by atoms with Crippen LogP contribution in [0, 0.1) is 13.8 Å². The van der Waals surface area contributed by atoms with Gasteiger partial charge < -0.3 is 5.32 Å². The fourth-order valence-electron chi connectivity index (χ4n) is 2.82. The van der Waals surface area contributed by atoms with Gasteiger partial charge in [0, 0.05) is 43.7 Å². The third kappa shape index (κ3) is 4.24. The summed E-state index contributed by atoms with van der Waals surface area (Å²) in [5.74, 6) is -0.0554. The van der Waals surface area contributed by atoms with Gasteiger partial charge in [-0.2, -0.15) is 5.10 Å². The van der Waals surface area contributed by atoms with E-state index in [9.17, 15) is 9.59 Å². The number of hydrogen-bond donors (Lipinski definition) is 1. The normalized spacial score (nSPS) is 12.0. The van der Waals surface area contributed by atoms with Gasteiger partial charge in [-0.25, -0.2) is 0 Å². The van der Waals surface area contributed by atoms with Gasteiger partial charge in [-0.05, 0) is 27.7 Å². The van der Waals surface area contributed by atoms with Crippen molar-refractivity contribution in [2.24, 2.45) is 0 Å². The van der Waals surface area contributed by atoms with Crippen LogP contribution < -0.4 is 5.32 Å². The number of nitrogens with zero attached hydrogens (tertiary/aromatic N) is 4. The number of carbonyl (C=O) groups is 2. The number of Topliss-reactive ketones (excluding diaryl/α,β-unsaturated/α-hetero) is 1. The molecule has 0 aliphatic carbocycles. The molecule has 0 saturated heterocycles. The summed E-state index contributed by atoms with van der Waals surface area (Å²) < 4.78 is 1.76. The van der Waals surface area contributed by atoms with Gasteiger partial charge in [-0.3, -0.25) is 24.2 Å². The van der Waals surface area contributed by atoms with E-state index >= 15 is 0 Å². The highest BCUT2D eigenvalue weighted by molar-refractivity contribution is 5.96. The molecule has 2 rings (SSSR count). The topological polar surface area (TPSA) is 89.8 Å². The molecule has 2 heterocycles. The average Bonchev–Trinajstić information content (AvgIpc) is 2.83. The van der Waals surface area contributed by atoms with Crippen LogP contribution in [0.5, 0.6) is 0 Å². The van der Waals surface area contributed by atoms with Gasteiger partial charge in [0.05, 0.1) is 23.0 Å². The van der Waals surface area contributed by atoms with Gasteiger partial charge in [0.2, 0.25) is 5.91 Å². The first-order valence-electron chi connectivity index (χ1n) is 7.98. The number of nitrogens with one attached hydrogen (secondary N) is 1. The molecule has 24 heavy (non-hydrogen) atoms. The molecule has 7 heteroatoms. The summed E-state index contributed by atoms with van der Waals surface area (Å²) in [4.78, 5) is 31.9. The van der Waals surface area contributed by atoms with Crippen molar-refractivity contribution in [1.82, 2.24) is 25.1 Å². The minimum absolute atomic E-state index is 0.00290. The van der Waals surface area contributed by atoms with E-state index in [0.29, 0.717) is 30.6 Å². The molecule has 0 fully saturated rings. The molecule has 1 unspecified atom stereocenters. The molecular weight excluding hydrogens is 306 g/mol. The number of carbonyl (C=O) groups excluding carboxylic acids is 2. The van der Waals surface area contributed by atoms with E-state index in [2.05, 4.69) is 20.4 Å². The van der Waals surface area contributed by atoms with Gasteiger partial charge in [0.15, 0.2) is 5.78 Å². The summed E-state index contributed by atoms with van der Waals surface area (Å²) in [6.07, 6.45) is 5.89. The lowest BCUT2D eigenvalue weighted by molar-refractivity contribution is -0.121. The lowest BCUT2D eigenvalue weighted by Gasteiger charge is -2.14. The average molecular weight is 329 g/mol. The smallest absolute Gasteiger partial charge is 0.222 e. The lowest BCUT2D eigenvalue weighted by Crippen LogP contribution is -2.28. The number of amides is 1. The predicted molar refractivity (Wildman–Crippen MR) is 89.8 cm³/mol. The van der Waals surface area contributed by atoms with Crippen LogP contribution >= 0.6 is 0 Å². The summed E-state index contributed by atoms with van der Waals surface area (Å²) in [6.45, 7) is 7.64. The Bertz CT molecular complexity index is 724. The molecule has 1 amide bonds. The highest BCUT2D eigenvalue weighted by atomic mass is 16.1. The molecule has 0 aromatic carbocycles. The molecule has 2 aromatic rings. The Balaban J connectivity index is 1.90. The summed E-state index contributed by atoms with van der Waals surface area (Å²) >= 11 is 0. The molecule has 0 bridgehead atoms. The van der Waals surface area contributed by atoms with Crippen molar-refractivity contribution in [1.29, 1.82) is 0 Å². The second-order valence-corrected chi connectivity index (χ2v) is 5.90. The minimum Gasteiger partial charge on any atom is -0.356 e. The minimum atomic E-state index is -0.117. The van der Waals surface area contributed by atoms with E-state index in [0.717, 1.165) is 11.4 Å². The van der Waals surface area contributed by atoms with E-state index in [1.807, 2.05) is 20.8 Å². The van der Waals surface area contributed by atoms with Crippen molar-refractivity contribution in [3.63, 3.8) is 0 Å². The monoisotopic (exact) mass is 329 g/mol. The van der Waals surface area contributed by atoms with Gasteiger partial charge in [0.25, 0.3) is 0 Å². The van der Waals surface area contributed by atoms with Crippen LogP contribution in [0.3, 0.4) is 0 Å². The molecule has 0 saturated carbocycles. The first kappa shape index (κ1) is 17.8. The number of aryl methyl sites for hydroxylation is 1. The van der Waals surface area contributed by atoms with Crippen molar-refractivity contribution < 1.29 is 9.59 Å². The highest BCUT2D eigenvalue weighted by Crippen LogP contribution is 2.19. The van der Waals surface area contributed by atoms with Gasteiger partial charge in [-0.1, -0.05) is 0 Å². The summed E-state index contributed by atoms with van der Waals surface area (Å²) in [6, 6.07) is -0.117. The zero-order chi connectivity index (χ0) is 17.7. The van der Waals surface area contributed by atoms with Gasteiger partial charge in [-0.15, -0.1) is 0 Å². The largest absolute Gasteiger partial charge is 0.356 e. The number of rotatable bonds is 7. The van der Waals surface area contributed by atoms with Crippen LogP contribution in [0.15, 0.2) is 18.6 Å². The summed E-state index contributed by atoms with van der Waals surface area (Å²) in [7, 11) is 0. The molecule has 2 aromatic heterocycles. The maximum Gasteiger partial charge on any atom is 0.222 e. The first-order valence-corrected chi connectivity index (χ1v) is 7.98. The Morgan fingerprint density at radius 1 is 1.29 bits per heavy atom. The van der Waals surface area contributed by atoms with Crippen LogP contribution in [0.1, 0.15) is 53.7 Å². The molecule has 1 atom stereocenters. The maximum absolute atomic E-state index is 12.1. The number of aromatic nitrogens is 4. The van der Waals surface area contributed by atoms with E-state index in [1.54, 1.807) is 23.3 Å². The quantitative estimate of drug-likeness (QED) is 0.782. The van der Waals surface area contributed by atoms with Crippen LogP contribution in [0.4, 0.5) is 0 Å². The number of hydrogen-bond acceptors (Lipinski definition) is 5. The zero-order valence-corrected chi connectivity index (χ0v) is 14.5. The molecule has 0 aliphatic rings. The third-order valence-electron chi connectivity index (χ3n) is 3.90. The summed E-state index contributed by atoms with van der Waals surface area (Å²) in [5, 5.41) is 7.29. The van der Waals surface area contributed by atoms with Crippen LogP contribution in [0.2, 0.25) is 0 Å². The fourth-order valence-corrected chi connectivity index (χ4v) is 2.82. The van der Waals surface area contributed by atoms with Crippen molar-refractivity contribution in [3.8, 4) is 0 Å². The van der Waals surface area contributed by atoms with Crippen LogP contribution in [0.25, 0.3) is 0 Å². The lowest BCUT2D eigenvalue weighted by atomic mass is 10.1. The Kier molecular flexibility index (Phi) is 5.78. The standard InChI is InChI=1S/C17H23N5O2/c1-11(22-13(3)17(14(4)23)12(2)21-22)9-16(24)20-6-5-15-10-18-7-8-19-15/h7-8,10-11H,5-6,9H2,1-4H3,(H,20,24). The van der Waals surface area contributed by atoms with Gasteiger partial charge >= 0.3 is 0 Å². The van der Waals surface area contributed by atoms with Crippen molar-refractivity contribution in [2.75, 3.05) is 6.54 Å². The van der Waals surface area contributed by atoms with E-state index < -0.39 is 0 Å². The van der Waals surface area contributed by atoms with Crippen molar-refractivity contribution in [3.05, 3.63) is 41.2 Å². The fraction of sp³-hybridized carbons (Fsp3) is 0.471. The third-order valence-corrected chi connectivity index (χ3v) is 3.90. The van der Waals surface area contributed by atoms with Crippen molar-refractivity contribution >= 4 is 11.7 Å². The molecule has 0 radical (unpaired) electrons. The van der Waals surface area contributed by atoms with E-state index in [1.165, 1.54) is 6.92 Å². The number of ketones is 1. The highest BCUT2D eigenvalue weighted by Gasteiger charge is 2.20. The van der Waals surface area contributed by atoms with E-state index in [-0.39, 0.29) is 17.7 Å². The molecular formula is C17H23N5O2. The molecule has 0 spiro atoms. The predicted octanol–water partition coefficient (Wildman–Crippen LogP) is 1.80. The maximum atomic E-state index is 12.1. The molecule has 128 valence electrons. The Morgan fingerprint density at radius 2 is 2.04 bits per heavy atom. The molecule has 7 nitrogen and oxygen atoms in total.